The number of nitrogens with two attached hydrogens (primary N) is 1. The maximum absolute atomic E-state index is 5.89. The summed E-state index contributed by atoms with van der Waals surface area (Å²) in [6, 6.07) is 3.92. The minimum atomic E-state index is 0.645. The number of hydrogen-bond donors (Lipinski definition) is 2. The van der Waals surface area contributed by atoms with Crippen LogP contribution in [0, 0.1) is 6.92 Å². The Hall–Kier alpha value is -1.97. The highest BCUT2D eigenvalue weighted by atomic mass is 16.5. The van der Waals surface area contributed by atoms with Crippen molar-refractivity contribution in [3.05, 3.63) is 23.9 Å². The van der Waals surface area contributed by atoms with Crippen molar-refractivity contribution >= 4 is 22.3 Å². The Morgan fingerprint density at radius 3 is 2.75 bits per heavy atom. The van der Waals surface area contributed by atoms with Crippen molar-refractivity contribution in [2.75, 3.05) is 25.2 Å². The highest BCUT2D eigenvalue weighted by Crippen LogP contribution is 2.34. The van der Waals surface area contributed by atoms with Gasteiger partial charge in [-0.15, -0.1) is 0 Å². The molecule has 0 bridgehead atoms. The molecule has 0 saturated carbocycles. The zero-order chi connectivity index (χ0) is 11.7. The van der Waals surface area contributed by atoms with Gasteiger partial charge in [-0.1, -0.05) is 6.07 Å². The Bertz CT molecular complexity index is 537. The van der Waals surface area contributed by atoms with Crippen LogP contribution in [0.4, 0.5) is 11.4 Å². The molecule has 4 nitrogen and oxygen atoms in total. The number of fused-ring (bicyclic) bond motifs is 1. The minimum Gasteiger partial charge on any atom is -0.494 e. The van der Waals surface area contributed by atoms with Gasteiger partial charge in [0.05, 0.1) is 24.7 Å². The van der Waals surface area contributed by atoms with E-state index in [1.807, 2.05) is 26.1 Å². The number of pyridine rings is 1. The molecule has 0 spiro atoms. The molecule has 84 valence electrons. The first kappa shape index (κ1) is 10.5. The molecule has 1 aromatic carbocycles. The van der Waals surface area contributed by atoms with E-state index >= 15 is 0 Å². The second kappa shape index (κ2) is 3.89. The van der Waals surface area contributed by atoms with Gasteiger partial charge in [0.1, 0.15) is 11.3 Å². The second-order valence-corrected chi connectivity index (χ2v) is 3.65. The van der Waals surface area contributed by atoms with Crippen molar-refractivity contribution in [3.8, 4) is 5.75 Å². The molecule has 0 amide bonds. The predicted octanol–water partition coefficient (Wildman–Crippen LogP) is 2.18. The number of aromatic nitrogens is 1. The van der Waals surface area contributed by atoms with Crippen molar-refractivity contribution in [2.45, 2.75) is 6.92 Å². The van der Waals surface area contributed by atoms with Crippen LogP contribution in [0.3, 0.4) is 0 Å². The SMILES string of the molecule is CNc1c(N)cnc2c(OC)ccc(C)c12. The van der Waals surface area contributed by atoms with Crippen LogP contribution >= 0.6 is 0 Å². The third-order valence-electron chi connectivity index (χ3n) is 2.69. The van der Waals surface area contributed by atoms with Gasteiger partial charge in [0.15, 0.2) is 0 Å². The molecule has 0 aliphatic heterocycles. The van der Waals surface area contributed by atoms with Crippen LogP contribution in [-0.2, 0) is 0 Å². The molecule has 16 heavy (non-hydrogen) atoms. The number of benzene rings is 1. The minimum absolute atomic E-state index is 0.645. The van der Waals surface area contributed by atoms with Gasteiger partial charge in [0.25, 0.3) is 0 Å². The van der Waals surface area contributed by atoms with Crippen molar-refractivity contribution in [2.24, 2.45) is 0 Å². The van der Waals surface area contributed by atoms with Crippen LogP contribution in [0.15, 0.2) is 18.3 Å². The van der Waals surface area contributed by atoms with Gasteiger partial charge in [0, 0.05) is 12.4 Å². The fraction of sp³-hybridized carbons (Fsp3) is 0.250. The fourth-order valence-electron chi connectivity index (χ4n) is 1.89. The largest absolute Gasteiger partial charge is 0.494 e. The lowest BCUT2D eigenvalue weighted by Crippen LogP contribution is -2.00. The molecule has 0 unspecified atom stereocenters. The maximum atomic E-state index is 5.89. The molecule has 0 fully saturated rings. The molecule has 0 saturated heterocycles. The van der Waals surface area contributed by atoms with Gasteiger partial charge >= 0.3 is 0 Å². The summed E-state index contributed by atoms with van der Waals surface area (Å²) in [7, 11) is 3.49. The molecule has 1 aromatic heterocycles. The summed E-state index contributed by atoms with van der Waals surface area (Å²) in [6.45, 7) is 2.03. The van der Waals surface area contributed by atoms with E-state index < -0.39 is 0 Å². The van der Waals surface area contributed by atoms with E-state index in [1.165, 1.54) is 0 Å². The van der Waals surface area contributed by atoms with Gasteiger partial charge in [-0.05, 0) is 18.6 Å². The molecule has 3 N–H and O–H groups in total. The molecule has 0 radical (unpaired) electrons. The summed E-state index contributed by atoms with van der Waals surface area (Å²) >= 11 is 0. The summed E-state index contributed by atoms with van der Waals surface area (Å²) < 4.78 is 5.29. The second-order valence-electron chi connectivity index (χ2n) is 3.65. The maximum Gasteiger partial charge on any atom is 0.145 e. The van der Waals surface area contributed by atoms with E-state index in [1.54, 1.807) is 13.3 Å². The number of ether oxygens (including phenoxy) is 1. The Balaban J connectivity index is 2.91. The number of nitrogens with zero attached hydrogens (tertiary/aromatic N) is 1. The summed E-state index contributed by atoms with van der Waals surface area (Å²) in [5.41, 5.74) is 9.40. The highest BCUT2D eigenvalue weighted by molar-refractivity contribution is 6.01. The number of hydrogen-bond acceptors (Lipinski definition) is 4. The third-order valence-corrected chi connectivity index (χ3v) is 2.69. The van der Waals surface area contributed by atoms with Crippen molar-refractivity contribution in [1.29, 1.82) is 0 Å². The first-order valence-corrected chi connectivity index (χ1v) is 5.08. The normalized spacial score (nSPS) is 10.4. The Labute approximate surface area is 94.4 Å². The zero-order valence-corrected chi connectivity index (χ0v) is 9.66. The van der Waals surface area contributed by atoms with Crippen molar-refractivity contribution in [1.82, 2.24) is 4.98 Å². The number of methoxy groups -OCH3 is 1. The smallest absolute Gasteiger partial charge is 0.145 e. The number of aryl methyl sites for hydroxylation is 1. The van der Waals surface area contributed by atoms with E-state index in [4.69, 9.17) is 10.5 Å². The van der Waals surface area contributed by atoms with Crippen molar-refractivity contribution in [3.63, 3.8) is 0 Å². The summed E-state index contributed by atoms with van der Waals surface area (Å²) in [6.07, 6.45) is 1.65. The molecule has 0 aliphatic rings. The van der Waals surface area contributed by atoms with Crippen LogP contribution in [0.5, 0.6) is 5.75 Å². The zero-order valence-electron chi connectivity index (χ0n) is 9.66. The molecular weight excluding hydrogens is 202 g/mol. The predicted molar refractivity (Wildman–Crippen MR) is 67.0 cm³/mol. The van der Waals surface area contributed by atoms with Gasteiger partial charge in [-0.2, -0.15) is 0 Å². The monoisotopic (exact) mass is 217 g/mol. The van der Waals surface area contributed by atoms with E-state index in [9.17, 15) is 0 Å². The Kier molecular flexibility index (Phi) is 2.56. The lowest BCUT2D eigenvalue weighted by Gasteiger charge is -2.13. The molecule has 4 heteroatoms. The standard InChI is InChI=1S/C12H15N3O/c1-7-4-5-9(16-3)12-10(7)11(14-2)8(13)6-15-12/h4-6H,13H2,1-3H3,(H,14,15). The first-order valence-electron chi connectivity index (χ1n) is 5.08. The van der Waals surface area contributed by atoms with E-state index in [-0.39, 0.29) is 0 Å². The van der Waals surface area contributed by atoms with Crippen LogP contribution < -0.4 is 15.8 Å². The number of nitrogens with one attached hydrogen (secondary N) is 1. The summed E-state index contributed by atoms with van der Waals surface area (Å²) in [5.74, 6) is 0.761. The molecule has 0 aliphatic carbocycles. The number of anilines is 2. The van der Waals surface area contributed by atoms with E-state index in [0.29, 0.717) is 5.69 Å². The average Bonchev–Trinajstić information content (AvgIpc) is 2.30. The number of rotatable bonds is 2. The molecular formula is C12H15N3O. The van der Waals surface area contributed by atoms with Gasteiger partial charge < -0.3 is 15.8 Å². The van der Waals surface area contributed by atoms with Crippen LogP contribution in [0.1, 0.15) is 5.56 Å². The lowest BCUT2D eigenvalue weighted by molar-refractivity contribution is 0.419. The van der Waals surface area contributed by atoms with Crippen LogP contribution in [0.25, 0.3) is 10.9 Å². The van der Waals surface area contributed by atoms with Crippen LogP contribution in [-0.4, -0.2) is 19.1 Å². The number of nitrogen functional groups attached to an aromatic ring is 1. The summed E-state index contributed by atoms with van der Waals surface area (Å²) in [5, 5.41) is 4.13. The highest BCUT2D eigenvalue weighted by Gasteiger charge is 2.11. The lowest BCUT2D eigenvalue weighted by atomic mass is 10.1. The molecule has 2 rings (SSSR count). The third kappa shape index (κ3) is 1.43. The van der Waals surface area contributed by atoms with Crippen LogP contribution in [0.2, 0.25) is 0 Å². The van der Waals surface area contributed by atoms with Gasteiger partial charge in [-0.25, -0.2) is 0 Å². The van der Waals surface area contributed by atoms with E-state index in [2.05, 4.69) is 10.3 Å². The topological polar surface area (TPSA) is 60.2 Å². The fourth-order valence-corrected chi connectivity index (χ4v) is 1.89. The van der Waals surface area contributed by atoms with E-state index in [0.717, 1.165) is 27.9 Å². The average molecular weight is 217 g/mol. The Morgan fingerprint density at radius 2 is 2.12 bits per heavy atom. The van der Waals surface area contributed by atoms with Gasteiger partial charge in [0.2, 0.25) is 0 Å². The summed E-state index contributed by atoms with van der Waals surface area (Å²) in [4.78, 5) is 4.33. The van der Waals surface area contributed by atoms with Crippen molar-refractivity contribution < 1.29 is 4.74 Å². The quantitative estimate of drug-likeness (QED) is 0.809. The Morgan fingerprint density at radius 1 is 1.38 bits per heavy atom. The molecule has 1 heterocycles. The molecule has 0 atom stereocenters. The molecule has 2 aromatic rings. The first-order chi connectivity index (χ1) is 7.69. The van der Waals surface area contributed by atoms with Gasteiger partial charge in [-0.3, -0.25) is 4.98 Å².